The maximum Gasteiger partial charge on any atom is 0.159 e. The molecule has 0 fully saturated rings. The van der Waals surface area contributed by atoms with E-state index >= 15 is 0 Å². The fraction of sp³-hybridized carbons (Fsp3) is 0.0294. The summed E-state index contributed by atoms with van der Waals surface area (Å²) in [6, 6.07) is 95.1. The smallest absolute Gasteiger partial charge is 0.159 e. The van der Waals surface area contributed by atoms with Crippen molar-refractivity contribution in [3.63, 3.8) is 0 Å². The standard InChI is InChI=1S/C68H46N2O/c1-68(51-41-49(45-18-5-2-6-19-45)40-50(42-51)46-20-7-3-8-21-46)61-28-14-11-24-55(61)56-38-37-54(44-62(56)68)69(65-30-17-27-59-58-26-13-16-31-66(58)71-67(59)65)53-35-32-47(33-36-53)48-34-39-64-60(43-48)57-25-12-15-29-63(57)70(64)52-22-9-4-10-23-52/h2-44H,1H3. The fourth-order valence-corrected chi connectivity index (χ4v) is 11.6. The Bertz CT molecular complexity index is 4110. The van der Waals surface area contributed by atoms with Crippen molar-refractivity contribution < 1.29 is 4.42 Å². The third-order valence-corrected chi connectivity index (χ3v) is 15.1. The number of nitrogens with zero attached hydrogens (tertiary/aromatic N) is 2. The van der Waals surface area contributed by atoms with E-state index in [0.717, 1.165) is 50.3 Å². The predicted molar refractivity (Wildman–Crippen MR) is 296 cm³/mol. The molecule has 3 nitrogen and oxygen atoms in total. The summed E-state index contributed by atoms with van der Waals surface area (Å²) < 4.78 is 9.20. The number of rotatable bonds is 8. The Morgan fingerprint density at radius 3 is 1.70 bits per heavy atom. The summed E-state index contributed by atoms with van der Waals surface area (Å²) in [5.74, 6) is 0. The van der Waals surface area contributed by atoms with E-state index in [2.05, 4.69) is 271 Å². The van der Waals surface area contributed by atoms with E-state index in [4.69, 9.17) is 4.42 Å². The lowest BCUT2D eigenvalue weighted by atomic mass is 9.73. The molecule has 0 amide bonds. The maximum absolute atomic E-state index is 6.83. The van der Waals surface area contributed by atoms with Crippen LogP contribution in [0.4, 0.5) is 17.1 Å². The van der Waals surface area contributed by atoms with Crippen LogP contribution >= 0.6 is 0 Å². The van der Waals surface area contributed by atoms with Crippen molar-refractivity contribution in [2.75, 3.05) is 4.90 Å². The van der Waals surface area contributed by atoms with Gasteiger partial charge in [0.15, 0.2) is 5.58 Å². The number of furan rings is 1. The summed E-state index contributed by atoms with van der Waals surface area (Å²) >= 11 is 0. The molecule has 3 heteroatoms. The third-order valence-electron chi connectivity index (χ3n) is 15.1. The molecule has 0 saturated heterocycles. The van der Waals surface area contributed by atoms with Crippen LogP contribution in [0.2, 0.25) is 0 Å². The van der Waals surface area contributed by atoms with Crippen LogP contribution in [0.3, 0.4) is 0 Å². The molecule has 0 aliphatic heterocycles. The highest BCUT2D eigenvalue weighted by Crippen LogP contribution is 2.55. The van der Waals surface area contributed by atoms with E-state index in [1.165, 1.54) is 77.4 Å². The normalized spacial score (nSPS) is 14.0. The van der Waals surface area contributed by atoms with Crippen molar-refractivity contribution in [1.29, 1.82) is 0 Å². The molecule has 2 heterocycles. The molecule has 1 atom stereocenters. The number of hydrogen-bond donors (Lipinski definition) is 0. The Morgan fingerprint density at radius 2 is 0.944 bits per heavy atom. The quantitative estimate of drug-likeness (QED) is 0.151. The van der Waals surface area contributed by atoms with Gasteiger partial charge in [-0.05, 0) is 153 Å². The molecular weight excluding hydrogens is 861 g/mol. The first-order valence-electron chi connectivity index (χ1n) is 24.5. The summed E-state index contributed by atoms with van der Waals surface area (Å²) in [6.07, 6.45) is 0. The minimum Gasteiger partial charge on any atom is -0.454 e. The van der Waals surface area contributed by atoms with Crippen molar-refractivity contribution in [2.24, 2.45) is 0 Å². The van der Waals surface area contributed by atoms with E-state index in [-0.39, 0.29) is 0 Å². The molecule has 334 valence electrons. The summed E-state index contributed by atoms with van der Waals surface area (Å²) in [7, 11) is 0. The summed E-state index contributed by atoms with van der Waals surface area (Å²) in [5, 5.41) is 4.67. The molecule has 1 aliphatic rings. The van der Waals surface area contributed by atoms with Gasteiger partial charge in [-0.25, -0.2) is 0 Å². The number of fused-ring (bicyclic) bond motifs is 9. The molecule has 0 bridgehead atoms. The highest BCUT2D eigenvalue weighted by atomic mass is 16.3. The lowest BCUT2D eigenvalue weighted by molar-refractivity contribution is 0.669. The number of anilines is 3. The van der Waals surface area contributed by atoms with Crippen molar-refractivity contribution in [3.8, 4) is 50.2 Å². The maximum atomic E-state index is 6.83. The molecule has 0 spiro atoms. The van der Waals surface area contributed by atoms with Crippen LogP contribution in [0.25, 0.3) is 93.9 Å². The van der Waals surface area contributed by atoms with Gasteiger partial charge in [-0.15, -0.1) is 0 Å². The van der Waals surface area contributed by atoms with E-state index in [1.807, 2.05) is 6.07 Å². The Labute approximate surface area is 412 Å². The molecule has 1 unspecified atom stereocenters. The van der Waals surface area contributed by atoms with Crippen LogP contribution in [0.15, 0.2) is 265 Å². The summed E-state index contributed by atoms with van der Waals surface area (Å²) in [6.45, 7) is 2.42. The van der Waals surface area contributed by atoms with Crippen molar-refractivity contribution in [2.45, 2.75) is 12.3 Å². The first kappa shape index (κ1) is 40.8. The monoisotopic (exact) mass is 906 g/mol. The van der Waals surface area contributed by atoms with Gasteiger partial charge < -0.3 is 13.9 Å². The molecular formula is C68H46N2O. The van der Waals surface area contributed by atoms with Crippen molar-refractivity contribution >= 4 is 60.8 Å². The molecule has 13 aromatic rings. The largest absolute Gasteiger partial charge is 0.454 e. The van der Waals surface area contributed by atoms with E-state index in [9.17, 15) is 0 Å². The van der Waals surface area contributed by atoms with Crippen LogP contribution in [-0.2, 0) is 5.41 Å². The number of para-hydroxylation sites is 4. The average Bonchev–Trinajstić information content (AvgIpc) is 4.08. The van der Waals surface area contributed by atoms with Crippen LogP contribution in [-0.4, -0.2) is 4.57 Å². The van der Waals surface area contributed by atoms with Gasteiger partial charge in [0.25, 0.3) is 0 Å². The van der Waals surface area contributed by atoms with Crippen LogP contribution < -0.4 is 4.90 Å². The number of aromatic nitrogens is 1. The van der Waals surface area contributed by atoms with Gasteiger partial charge in [-0.3, -0.25) is 0 Å². The van der Waals surface area contributed by atoms with Crippen LogP contribution in [0, 0.1) is 0 Å². The lowest BCUT2D eigenvalue weighted by Crippen LogP contribution is -2.23. The second kappa shape index (κ2) is 16.2. The number of benzene rings is 11. The van der Waals surface area contributed by atoms with Gasteiger partial charge in [0.05, 0.1) is 16.7 Å². The Balaban J connectivity index is 0.947. The van der Waals surface area contributed by atoms with Gasteiger partial charge in [-0.2, -0.15) is 0 Å². The predicted octanol–water partition coefficient (Wildman–Crippen LogP) is 18.5. The first-order chi connectivity index (χ1) is 35.1. The molecule has 0 N–H and O–H groups in total. The van der Waals surface area contributed by atoms with Gasteiger partial charge >= 0.3 is 0 Å². The molecule has 14 rings (SSSR count). The fourth-order valence-electron chi connectivity index (χ4n) is 11.6. The highest BCUT2D eigenvalue weighted by Gasteiger charge is 2.42. The topological polar surface area (TPSA) is 21.3 Å². The Morgan fingerprint density at radius 1 is 0.366 bits per heavy atom. The van der Waals surface area contributed by atoms with Crippen molar-refractivity contribution in [1.82, 2.24) is 4.57 Å². The molecule has 0 saturated carbocycles. The van der Waals surface area contributed by atoms with Gasteiger partial charge in [0.2, 0.25) is 0 Å². The number of hydrogen-bond acceptors (Lipinski definition) is 2. The zero-order valence-electron chi connectivity index (χ0n) is 39.1. The molecule has 11 aromatic carbocycles. The lowest BCUT2D eigenvalue weighted by Gasteiger charge is -2.31. The second-order valence-electron chi connectivity index (χ2n) is 19.0. The van der Waals surface area contributed by atoms with E-state index in [1.54, 1.807) is 0 Å². The summed E-state index contributed by atoms with van der Waals surface area (Å²) in [4.78, 5) is 2.39. The Kier molecular flexibility index (Phi) is 9.33. The zero-order chi connectivity index (χ0) is 47.0. The molecule has 2 aromatic heterocycles. The molecule has 0 radical (unpaired) electrons. The minimum atomic E-state index is -0.487. The van der Waals surface area contributed by atoms with Gasteiger partial charge in [0.1, 0.15) is 5.58 Å². The first-order valence-corrected chi connectivity index (χ1v) is 24.5. The van der Waals surface area contributed by atoms with E-state index in [0.29, 0.717) is 0 Å². The minimum absolute atomic E-state index is 0.487. The van der Waals surface area contributed by atoms with Crippen LogP contribution in [0.1, 0.15) is 23.6 Å². The Hall–Kier alpha value is -9.18. The highest BCUT2D eigenvalue weighted by molar-refractivity contribution is 6.12. The molecule has 1 aliphatic carbocycles. The molecule has 71 heavy (non-hydrogen) atoms. The van der Waals surface area contributed by atoms with E-state index < -0.39 is 5.41 Å². The SMILES string of the molecule is CC1(c2cc(-c3ccccc3)cc(-c3ccccc3)c2)c2ccccc2-c2ccc(N(c3ccc(-c4ccc5c(c4)c4ccccc4n5-c4ccccc4)cc3)c3cccc4c3oc3ccccc34)cc21. The van der Waals surface area contributed by atoms with Crippen LogP contribution in [0.5, 0.6) is 0 Å². The van der Waals surface area contributed by atoms with Crippen molar-refractivity contribution in [3.05, 3.63) is 278 Å². The third kappa shape index (κ3) is 6.51. The van der Waals surface area contributed by atoms with Gasteiger partial charge in [-0.1, -0.05) is 176 Å². The second-order valence-corrected chi connectivity index (χ2v) is 19.0. The summed E-state index contributed by atoms with van der Waals surface area (Å²) in [5.41, 5.74) is 21.3. The zero-order valence-corrected chi connectivity index (χ0v) is 39.1. The van der Waals surface area contributed by atoms with Gasteiger partial charge in [0, 0.05) is 44.0 Å². The average molecular weight is 907 g/mol.